The van der Waals surface area contributed by atoms with Crippen molar-refractivity contribution >= 4 is 22.9 Å². The van der Waals surface area contributed by atoms with Gasteiger partial charge in [-0.1, -0.05) is 72.8 Å². The quantitative estimate of drug-likeness (QED) is 0.343. The summed E-state index contributed by atoms with van der Waals surface area (Å²) in [6, 6.07) is 24.6. The predicted octanol–water partition coefficient (Wildman–Crippen LogP) is 4.15. The molecule has 0 radical (unpaired) electrons. The zero-order valence-corrected chi connectivity index (χ0v) is 16.1. The van der Waals surface area contributed by atoms with Gasteiger partial charge in [0.2, 0.25) is 5.78 Å². The number of hydrogen-bond donors (Lipinski definition) is 0. The number of nitrogens with zero attached hydrogens (tertiary/aromatic N) is 1. The molecular weight excluding hydrogens is 382 g/mol. The maximum absolute atomic E-state index is 13.0. The highest BCUT2D eigenvalue weighted by Gasteiger charge is 2.26. The van der Waals surface area contributed by atoms with Crippen LogP contribution < -0.4 is 5.76 Å². The lowest BCUT2D eigenvalue weighted by atomic mass is 10.00. The summed E-state index contributed by atoms with van der Waals surface area (Å²) >= 11 is 0. The molecule has 0 aliphatic heterocycles. The minimum absolute atomic E-state index is 0.0746. The maximum Gasteiger partial charge on any atom is 0.419 e. The number of ether oxygens (including phenoxy) is 1. The van der Waals surface area contributed by atoms with Crippen LogP contribution in [0.3, 0.4) is 0 Å². The van der Waals surface area contributed by atoms with Gasteiger partial charge in [0.1, 0.15) is 0 Å². The first-order chi connectivity index (χ1) is 14.6. The van der Waals surface area contributed by atoms with Crippen molar-refractivity contribution in [2.24, 2.45) is 0 Å². The third-order valence-corrected chi connectivity index (χ3v) is 4.76. The number of Topliss-reactive ketones (excluding diaryl/α,β-unsaturated/α-hetero) is 1. The summed E-state index contributed by atoms with van der Waals surface area (Å²) in [7, 11) is 0. The fourth-order valence-electron chi connectivity index (χ4n) is 3.27. The Morgan fingerprint density at radius 1 is 0.867 bits per heavy atom. The van der Waals surface area contributed by atoms with Crippen molar-refractivity contribution in [3.63, 3.8) is 0 Å². The van der Waals surface area contributed by atoms with Crippen LogP contribution in [0, 0.1) is 0 Å². The van der Waals surface area contributed by atoms with E-state index in [1.54, 1.807) is 72.8 Å². The summed E-state index contributed by atoms with van der Waals surface area (Å²) in [4.78, 5) is 37.7. The van der Waals surface area contributed by atoms with E-state index in [2.05, 4.69) is 0 Å². The van der Waals surface area contributed by atoms with Crippen LogP contribution in [0.25, 0.3) is 11.1 Å². The van der Waals surface area contributed by atoms with Crippen molar-refractivity contribution in [3.05, 3.63) is 107 Å². The SMILES string of the molecule is O=C(CCn1c(=O)oc2ccccc21)O[C@H](C(=O)c1ccccc1)c1ccccc1. The minimum atomic E-state index is -1.06. The minimum Gasteiger partial charge on any atom is -0.449 e. The molecule has 0 unspecified atom stereocenters. The van der Waals surface area contributed by atoms with Gasteiger partial charge < -0.3 is 9.15 Å². The second kappa shape index (κ2) is 8.61. The third kappa shape index (κ3) is 4.07. The summed E-state index contributed by atoms with van der Waals surface area (Å²) in [6.07, 6.45) is -1.13. The van der Waals surface area contributed by atoms with Gasteiger partial charge in [0.25, 0.3) is 0 Å². The van der Waals surface area contributed by atoms with Crippen LogP contribution >= 0.6 is 0 Å². The Hall–Kier alpha value is -3.93. The number of hydrogen-bond acceptors (Lipinski definition) is 5. The molecule has 1 aromatic heterocycles. The van der Waals surface area contributed by atoms with Crippen molar-refractivity contribution in [2.45, 2.75) is 19.1 Å². The third-order valence-electron chi connectivity index (χ3n) is 4.76. The van der Waals surface area contributed by atoms with Gasteiger partial charge in [0.05, 0.1) is 11.9 Å². The van der Waals surface area contributed by atoms with Gasteiger partial charge in [-0.3, -0.25) is 14.2 Å². The van der Waals surface area contributed by atoms with Gasteiger partial charge in [-0.2, -0.15) is 0 Å². The van der Waals surface area contributed by atoms with Crippen LogP contribution in [0.15, 0.2) is 94.1 Å². The fourth-order valence-corrected chi connectivity index (χ4v) is 3.27. The maximum atomic E-state index is 13.0. The van der Waals surface area contributed by atoms with Gasteiger partial charge in [0.15, 0.2) is 11.7 Å². The average Bonchev–Trinajstić information content (AvgIpc) is 3.11. The Morgan fingerprint density at radius 3 is 2.23 bits per heavy atom. The Kier molecular flexibility index (Phi) is 5.57. The Balaban J connectivity index is 1.52. The number of para-hydroxylation sites is 2. The number of benzene rings is 3. The van der Waals surface area contributed by atoms with Crippen LogP contribution in [-0.4, -0.2) is 16.3 Å². The van der Waals surface area contributed by atoms with Crippen molar-refractivity contribution < 1.29 is 18.7 Å². The molecule has 0 saturated heterocycles. The monoisotopic (exact) mass is 401 g/mol. The average molecular weight is 401 g/mol. The first kappa shape index (κ1) is 19.4. The molecule has 1 atom stereocenters. The second-order valence-corrected chi connectivity index (χ2v) is 6.75. The van der Waals surface area contributed by atoms with Crippen molar-refractivity contribution in [2.75, 3.05) is 0 Å². The van der Waals surface area contributed by atoms with Crippen molar-refractivity contribution in [1.29, 1.82) is 0 Å². The summed E-state index contributed by atoms with van der Waals surface area (Å²) in [5, 5.41) is 0. The van der Waals surface area contributed by atoms with E-state index in [-0.39, 0.29) is 18.7 Å². The van der Waals surface area contributed by atoms with E-state index in [4.69, 9.17) is 9.15 Å². The molecule has 4 aromatic rings. The summed E-state index contributed by atoms with van der Waals surface area (Å²) < 4.78 is 12.1. The van der Waals surface area contributed by atoms with E-state index in [9.17, 15) is 14.4 Å². The van der Waals surface area contributed by atoms with Crippen LogP contribution in [0.1, 0.15) is 28.4 Å². The lowest BCUT2D eigenvalue weighted by Gasteiger charge is -2.17. The zero-order valence-electron chi connectivity index (χ0n) is 16.1. The summed E-state index contributed by atoms with van der Waals surface area (Å²) in [6.45, 7) is 0.0930. The van der Waals surface area contributed by atoms with E-state index >= 15 is 0 Å². The number of rotatable bonds is 7. The Labute approximate surface area is 172 Å². The van der Waals surface area contributed by atoms with Crippen molar-refractivity contribution in [3.8, 4) is 0 Å². The lowest BCUT2D eigenvalue weighted by Crippen LogP contribution is -2.22. The highest BCUT2D eigenvalue weighted by atomic mass is 16.5. The molecule has 0 aliphatic rings. The molecule has 0 aliphatic carbocycles. The van der Waals surface area contributed by atoms with Crippen LogP contribution in [0.4, 0.5) is 0 Å². The number of aromatic nitrogens is 1. The number of oxazole rings is 1. The number of carbonyl (C=O) groups excluding carboxylic acids is 2. The number of ketones is 1. The number of fused-ring (bicyclic) bond motifs is 1. The van der Waals surface area contributed by atoms with Gasteiger partial charge in [-0.15, -0.1) is 0 Å². The summed E-state index contributed by atoms with van der Waals surface area (Å²) in [5.74, 6) is -1.42. The van der Waals surface area contributed by atoms with E-state index in [1.807, 2.05) is 12.1 Å². The number of carbonyl (C=O) groups is 2. The molecule has 0 N–H and O–H groups in total. The predicted molar refractivity (Wildman–Crippen MR) is 111 cm³/mol. The molecule has 0 bridgehead atoms. The van der Waals surface area contributed by atoms with Crippen LogP contribution in [0.2, 0.25) is 0 Å². The van der Waals surface area contributed by atoms with Crippen LogP contribution in [-0.2, 0) is 16.1 Å². The Morgan fingerprint density at radius 2 is 1.50 bits per heavy atom. The molecule has 150 valence electrons. The standard InChI is InChI=1S/C24H19NO5/c26-21(15-16-25-19-13-7-8-14-20(19)29-24(25)28)30-23(18-11-5-2-6-12-18)22(27)17-9-3-1-4-10-17/h1-14,23H,15-16H2/t23-/m0/s1. The lowest BCUT2D eigenvalue weighted by molar-refractivity contribution is -0.147. The highest BCUT2D eigenvalue weighted by molar-refractivity contribution is 6.01. The molecule has 6 nitrogen and oxygen atoms in total. The first-order valence-corrected chi connectivity index (χ1v) is 9.55. The molecule has 1 heterocycles. The highest BCUT2D eigenvalue weighted by Crippen LogP contribution is 2.23. The topological polar surface area (TPSA) is 78.5 Å². The molecule has 0 amide bonds. The first-order valence-electron chi connectivity index (χ1n) is 9.55. The summed E-state index contributed by atoms with van der Waals surface area (Å²) in [5.41, 5.74) is 2.11. The van der Waals surface area contributed by atoms with Gasteiger partial charge in [0, 0.05) is 17.7 Å². The molecule has 0 spiro atoms. The molecule has 30 heavy (non-hydrogen) atoms. The van der Waals surface area contributed by atoms with E-state index in [0.717, 1.165) is 0 Å². The van der Waals surface area contributed by atoms with Gasteiger partial charge in [-0.05, 0) is 12.1 Å². The molecular formula is C24H19NO5. The van der Waals surface area contributed by atoms with Gasteiger partial charge in [-0.25, -0.2) is 4.79 Å². The largest absolute Gasteiger partial charge is 0.449 e. The normalized spacial score (nSPS) is 11.9. The van der Waals surface area contributed by atoms with E-state index < -0.39 is 17.8 Å². The molecule has 0 saturated carbocycles. The molecule has 3 aromatic carbocycles. The zero-order chi connectivity index (χ0) is 20.9. The molecule has 4 rings (SSSR count). The van der Waals surface area contributed by atoms with Gasteiger partial charge >= 0.3 is 11.7 Å². The van der Waals surface area contributed by atoms with E-state index in [0.29, 0.717) is 22.2 Å². The Bertz CT molecular complexity index is 1220. The number of esters is 1. The van der Waals surface area contributed by atoms with Crippen molar-refractivity contribution in [1.82, 2.24) is 4.57 Å². The molecule has 0 fully saturated rings. The molecule has 6 heteroatoms. The van der Waals surface area contributed by atoms with E-state index in [1.165, 1.54) is 4.57 Å². The smallest absolute Gasteiger partial charge is 0.419 e. The second-order valence-electron chi connectivity index (χ2n) is 6.75. The fraction of sp³-hybridized carbons (Fsp3) is 0.125. The van der Waals surface area contributed by atoms with Crippen LogP contribution in [0.5, 0.6) is 0 Å². The number of aryl methyl sites for hydroxylation is 1.